The Morgan fingerprint density at radius 2 is 2.36 bits per heavy atom. The van der Waals surface area contributed by atoms with Crippen LogP contribution in [0.4, 0.5) is 0 Å². The number of aryl methyl sites for hydroxylation is 1. The van der Waals surface area contributed by atoms with Gasteiger partial charge in [0.05, 0.1) is 12.1 Å². The third-order valence-corrected chi connectivity index (χ3v) is 2.16. The van der Waals surface area contributed by atoms with Gasteiger partial charge in [0.2, 0.25) is 0 Å². The van der Waals surface area contributed by atoms with Gasteiger partial charge in [0.25, 0.3) is 0 Å². The van der Waals surface area contributed by atoms with Gasteiger partial charge in [0.15, 0.2) is 0 Å². The highest BCUT2D eigenvalue weighted by Gasteiger charge is 2.11. The van der Waals surface area contributed by atoms with Crippen molar-refractivity contribution in [2.75, 3.05) is 6.61 Å². The molecule has 0 aliphatic carbocycles. The minimum atomic E-state index is -0.303. The summed E-state index contributed by atoms with van der Waals surface area (Å²) in [4.78, 5) is 17.5. The standard InChI is InChI=1S/C10H12N2O2/c1-3-14-10(13)8-4-7-5-11-6(2)9(7)12-8/h4-5,11-12H,3H2,1-2H3. The van der Waals surface area contributed by atoms with E-state index in [9.17, 15) is 4.79 Å². The smallest absolute Gasteiger partial charge is 0.354 e. The summed E-state index contributed by atoms with van der Waals surface area (Å²) in [5.41, 5.74) is 2.50. The summed E-state index contributed by atoms with van der Waals surface area (Å²) in [6.07, 6.45) is 1.86. The molecule has 0 spiro atoms. The molecule has 2 heterocycles. The molecule has 14 heavy (non-hydrogen) atoms. The van der Waals surface area contributed by atoms with E-state index in [4.69, 9.17) is 4.74 Å². The van der Waals surface area contributed by atoms with Gasteiger partial charge < -0.3 is 14.7 Å². The van der Waals surface area contributed by atoms with Crippen LogP contribution in [0.3, 0.4) is 0 Å². The fourth-order valence-electron chi connectivity index (χ4n) is 1.47. The van der Waals surface area contributed by atoms with Crippen molar-refractivity contribution >= 4 is 16.9 Å². The number of hydrogen-bond acceptors (Lipinski definition) is 2. The van der Waals surface area contributed by atoms with Gasteiger partial charge in [-0.2, -0.15) is 0 Å². The maximum atomic E-state index is 11.4. The minimum Gasteiger partial charge on any atom is -0.461 e. The second kappa shape index (κ2) is 3.21. The van der Waals surface area contributed by atoms with E-state index < -0.39 is 0 Å². The van der Waals surface area contributed by atoms with Gasteiger partial charge in [-0.15, -0.1) is 0 Å². The Labute approximate surface area is 81.3 Å². The molecular weight excluding hydrogens is 180 g/mol. The molecule has 0 saturated heterocycles. The van der Waals surface area contributed by atoms with Crippen LogP contribution in [0.25, 0.3) is 10.9 Å². The second-order valence-corrected chi connectivity index (χ2v) is 3.15. The normalized spacial score (nSPS) is 10.7. The van der Waals surface area contributed by atoms with Crippen molar-refractivity contribution in [1.82, 2.24) is 9.97 Å². The van der Waals surface area contributed by atoms with E-state index in [-0.39, 0.29) is 5.97 Å². The molecule has 0 aliphatic heterocycles. The van der Waals surface area contributed by atoms with Crippen LogP contribution in [0, 0.1) is 6.92 Å². The molecule has 0 saturated carbocycles. The van der Waals surface area contributed by atoms with Crippen LogP contribution in [-0.4, -0.2) is 22.5 Å². The van der Waals surface area contributed by atoms with E-state index in [0.717, 1.165) is 16.6 Å². The van der Waals surface area contributed by atoms with Gasteiger partial charge in [-0.1, -0.05) is 0 Å². The van der Waals surface area contributed by atoms with Gasteiger partial charge >= 0.3 is 5.97 Å². The molecule has 2 N–H and O–H groups in total. The Morgan fingerprint density at radius 3 is 3.00 bits per heavy atom. The summed E-state index contributed by atoms with van der Waals surface area (Å²) in [6, 6.07) is 1.79. The van der Waals surface area contributed by atoms with Crippen LogP contribution in [-0.2, 0) is 4.74 Å². The van der Waals surface area contributed by atoms with E-state index in [0.29, 0.717) is 12.3 Å². The average molecular weight is 192 g/mol. The summed E-state index contributed by atoms with van der Waals surface area (Å²) >= 11 is 0. The van der Waals surface area contributed by atoms with Crippen molar-refractivity contribution in [3.63, 3.8) is 0 Å². The lowest BCUT2D eigenvalue weighted by atomic mass is 10.3. The number of carbonyl (C=O) groups is 1. The predicted molar refractivity (Wildman–Crippen MR) is 53.3 cm³/mol. The zero-order valence-corrected chi connectivity index (χ0v) is 8.18. The molecule has 2 rings (SSSR count). The minimum absolute atomic E-state index is 0.303. The Morgan fingerprint density at radius 1 is 1.57 bits per heavy atom. The Bertz CT molecular complexity index is 467. The molecule has 2 aromatic heterocycles. The monoisotopic (exact) mass is 192 g/mol. The maximum absolute atomic E-state index is 11.4. The summed E-state index contributed by atoms with van der Waals surface area (Å²) in [5.74, 6) is -0.303. The molecule has 0 amide bonds. The van der Waals surface area contributed by atoms with E-state index in [1.165, 1.54) is 0 Å². The molecule has 0 unspecified atom stereocenters. The molecule has 74 valence electrons. The number of aromatic amines is 2. The quantitative estimate of drug-likeness (QED) is 0.715. The number of rotatable bonds is 2. The van der Waals surface area contributed by atoms with E-state index in [2.05, 4.69) is 9.97 Å². The molecule has 0 atom stereocenters. The molecule has 0 fully saturated rings. The molecule has 4 nitrogen and oxygen atoms in total. The van der Waals surface area contributed by atoms with Crippen molar-refractivity contribution in [2.24, 2.45) is 0 Å². The number of H-pyrrole nitrogens is 2. The highest BCUT2D eigenvalue weighted by Crippen LogP contribution is 2.18. The summed E-state index contributed by atoms with van der Waals surface area (Å²) in [6.45, 7) is 4.14. The largest absolute Gasteiger partial charge is 0.461 e. The number of fused-ring (bicyclic) bond motifs is 1. The molecule has 0 aliphatic rings. The van der Waals surface area contributed by atoms with E-state index in [1.807, 2.05) is 13.1 Å². The number of ether oxygens (including phenoxy) is 1. The molecule has 0 bridgehead atoms. The third kappa shape index (κ3) is 1.28. The topological polar surface area (TPSA) is 57.9 Å². The first kappa shape index (κ1) is 8.87. The van der Waals surface area contributed by atoms with E-state index in [1.54, 1.807) is 13.0 Å². The number of esters is 1. The lowest BCUT2D eigenvalue weighted by Gasteiger charge is -1.97. The Balaban J connectivity index is 2.40. The highest BCUT2D eigenvalue weighted by molar-refractivity contribution is 5.95. The predicted octanol–water partition coefficient (Wildman–Crippen LogP) is 1.98. The van der Waals surface area contributed by atoms with Crippen molar-refractivity contribution in [2.45, 2.75) is 13.8 Å². The zero-order valence-electron chi connectivity index (χ0n) is 8.18. The lowest BCUT2D eigenvalue weighted by Crippen LogP contribution is -2.04. The summed E-state index contributed by atoms with van der Waals surface area (Å²) in [5, 5.41) is 1.01. The summed E-state index contributed by atoms with van der Waals surface area (Å²) in [7, 11) is 0. The van der Waals surface area contributed by atoms with Gasteiger partial charge in [0, 0.05) is 17.3 Å². The first-order valence-corrected chi connectivity index (χ1v) is 4.56. The van der Waals surface area contributed by atoms with Crippen molar-refractivity contribution in [3.05, 3.63) is 23.7 Å². The summed E-state index contributed by atoms with van der Waals surface area (Å²) < 4.78 is 4.89. The van der Waals surface area contributed by atoms with Gasteiger partial charge in [-0.3, -0.25) is 0 Å². The maximum Gasteiger partial charge on any atom is 0.354 e. The molecule has 4 heteroatoms. The molecule has 0 aromatic carbocycles. The van der Waals surface area contributed by atoms with Crippen LogP contribution in [0.1, 0.15) is 23.1 Å². The third-order valence-electron chi connectivity index (χ3n) is 2.16. The van der Waals surface area contributed by atoms with Crippen molar-refractivity contribution in [1.29, 1.82) is 0 Å². The number of carbonyl (C=O) groups excluding carboxylic acids is 1. The molecule has 2 aromatic rings. The first-order valence-electron chi connectivity index (χ1n) is 4.56. The molecule has 0 radical (unpaired) electrons. The Kier molecular flexibility index (Phi) is 2.04. The molecular formula is C10H12N2O2. The Hall–Kier alpha value is -1.71. The first-order chi connectivity index (χ1) is 6.72. The fraction of sp³-hybridized carbons (Fsp3) is 0.300. The lowest BCUT2D eigenvalue weighted by molar-refractivity contribution is 0.0520. The van der Waals surface area contributed by atoms with Crippen molar-refractivity contribution < 1.29 is 9.53 Å². The van der Waals surface area contributed by atoms with Crippen LogP contribution in [0.5, 0.6) is 0 Å². The highest BCUT2D eigenvalue weighted by atomic mass is 16.5. The number of aromatic nitrogens is 2. The fourth-order valence-corrected chi connectivity index (χ4v) is 1.47. The zero-order chi connectivity index (χ0) is 10.1. The number of nitrogens with one attached hydrogen (secondary N) is 2. The van der Waals surface area contributed by atoms with Crippen LogP contribution in [0.2, 0.25) is 0 Å². The van der Waals surface area contributed by atoms with Gasteiger partial charge in [-0.25, -0.2) is 4.79 Å². The van der Waals surface area contributed by atoms with E-state index >= 15 is 0 Å². The average Bonchev–Trinajstić information content (AvgIpc) is 2.69. The van der Waals surface area contributed by atoms with Crippen LogP contribution < -0.4 is 0 Å². The van der Waals surface area contributed by atoms with Gasteiger partial charge in [-0.05, 0) is 19.9 Å². The van der Waals surface area contributed by atoms with Crippen molar-refractivity contribution in [3.8, 4) is 0 Å². The van der Waals surface area contributed by atoms with Gasteiger partial charge in [0.1, 0.15) is 5.69 Å². The van der Waals surface area contributed by atoms with Crippen LogP contribution >= 0.6 is 0 Å². The second-order valence-electron chi connectivity index (χ2n) is 3.15. The number of hydrogen-bond donors (Lipinski definition) is 2. The SMILES string of the molecule is CCOC(=O)c1cc2c[nH]c(C)c2[nH]1. The van der Waals surface area contributed by atoms with Crippen LogP contribution in [0.15, 0.2) is 12.3 Å².